The largest absolute Gasteiger partial charge is 0.481 e. The number of aliphatic carboxylic acids is 1. The fraction of sp³-hybridized carbons (Fsp3) is 0.429. The second kappa shape index (κ2) is 6.27. The van der Waals surface area contributed by atoms with Crippen LogP contribution in [-0.4, -0.2) is 23.1 Å². The predicted molar refractivity (Wildman–Crippen MR) is 76.4 cm³/mol. The first-order valence-corrected chi connectivity index (χ1v) is 6.71. The molecule has 6 heteroatoms. The van der Waals surface area contributed by atoms with Gasteiger partial charge in [0, 0.05) is 6.04 Å². The Hall–Kier alpha value is -2.24. The number of amides is 2. The van der Waals surface area contributed by atoms with Gasteiger partial charge in [0.1, 0.15) is 0 Å². The molecule has 0 saturated heterocycles. The van der Waals surface area contributed by atoms with E-state index in [2.05, 4.69) is 10.6 Å². The fourth-order valence-corrected chi connectivity index (χ4v) is 2.44. The number of nitrogens with one attached hydrogen (secondary N) is 2. The van der Waals surface area contributed by atoms with Gasteiger partial charge in [0.25, 0.3) is 0 Å². The van der Waals surface area contributed by atoms with Crippen molar-refractivity contribution < 1.29 is 14.7 Å². The molecule has 1 fully saturated rings. The van der Waals surface area contributed by atoms with Crippen molar-refractivity contribution in [3.63, 3.8) is 0 Å². The minimum Gasteiger partial charge on any atom is -0.481 e. The summed E-state index contributed by atoms with van der Waals surface area (Å²) in [4.78, 5) is 22.7. The van der Waals surface area contributed by atoms with Crippen LogP contribution in [0.15, 0.2) is 24.3 Å². The van der Waals surface area contributed by atoms with Gasteiger partial charge < -0.3 is 21.5 Å². The summed E-state index contributed by atoms with van der Waals surface area (Å²) in [6, 6.07) is 6.76. The molecule has 0 spiro atoms. The summed E-state index contributed by atoms with van der Waals surface area (Å²) in [6.45, 7) is 0. The van der Waals surface area contributed by atoms with Crippen LogP contribution >= 0.6 is 0 Å². The Kier molecular flexibility index (Phi) is 4.45. The van der Waals surface area contributed by atoms with Gasteiger partial charge in [0.2, 0.25) is 0 Å². The van der Waals surface area contributed by atoms with E-state index >= 15 is 0 Å². The Labute approximate surface area is 117 Å². The Morgan fingerprint density at radius 3 is 2.40 bits per heavy atom. The molecule has 0 unspecified atom stereocenters. The number of para-hydroxylation sites is 2. The number of anilines is 2. The van der Waals surface area contributed by atoms with E-state index in [9.17, 15) is 9.59 Å². The van der Waals surface area contributed by atoms with Crippen molar-refractivity contribution in [1.82, 2.24) is 5.32 Å². The van der Waals surface area contributed by atoms with E-state index in [1.165, 1.54) is 0 Å². The van der Waals surface area contributed by atoms with Gasteiger partial charge >= 0.3 is 12.0 Å². The number of nitrogen functional groups attached to an aromatic ring is 1. The molecule has 1 aromatic carbocycles. The number of urea groups is 1. The van der Waals surface area contributed by atoms with Crippen LogP contribution in [0.5, 0.6) is 0 Å². The summed E-state index contributed by atoms with van der Waals surface area (Å²) in [5.41, 5.74) is 6.83. The van der Waals surface area contributed by atoms with Crippen LogP contribution in [0, 0.1) is 5.92 Å². The minimum absolute atomic E-state index is 0.0236. The molecule has 6 nitrogen and oxygen atoms in total. The van der Waals surface area contributed by atoms with Crippen molar-refractivity contribution in [2.45, 2.75) is 31.7 Å². The molecule has 5 N–H and O–H groups in total. The van der Waals surface area contributed by atoms with Crippen LogP contribution in [0.2, 0.25) is 0 Å². The SMILES string of the molecule is Nc1ccccc1NC(=O)NC1CCC(C(=O)O)CC1. The van der Waals surface area contributed by atoms with E-state index in [0.717, 1.165) is 0 Å². The van der Waals surface area contributed by atoms with Crippen LogP contribution in [-0.2, 0) is 4.79 Å². The molecule has 0 bridgehead atoms. The van der Waals surface area contributed by atoms with Gasteiger partial charge in [0.05, 0.1) is 17.3 Å². The summed E-state index contributed by atoms with van der Waals surface area (Å²) < 4.78 is 0. The lowest BCUT2D eigenvalue weighted by Crippen LogP contribution is -2.41. The highest BCUT2D eigenvalue weighted by molar-refractivity contribution is 5.92. The van der Waals surface area contributed by atoms with Gasteiger partial charge in [-0.3, -0.25) is 4.79 Å². The molecule has 1 aromatic rings. The molecule has 0 atom stereocenters. The molecule has 2 rings (SSSR count). The van der Waals surface area contributed by atoms with Crippen molar-refractivity contribution in [3.8, 4) is 0 Å². The lowest BCUT2D eigenvalue weighted by molar-refractivity contribution is -0.142. The lowest BCUT2D eigenvalue weighted by atomic mass is 9.86. The highest BCUT2D eigenvalue weighted by atomic mass is 16.4. The number of hydrogen-bond donors (Lipinski definition) is 4. The van der Waals surface area contributed by atoms with E-state index in [1.807, 2.05) is 0 Å². The van der Waals surface area contributed by atoms with Gasteiger partial charge in [-0.05, 0) is 37.8 Å². The van der Waals surface area contributed by atoms with E-state index in [-0.39, 0.29) is 18.0 Å². The number of rotatable bonds is 3. The molecule has 0 aromatic heterocycles. The van der Waals surface area contributed by atoms with E-state index < -0.39 is 5.97 Å². The zero-order valence-corrected chi connectivity index (χ0v) is 11.1. The lowest BCUT2D eigenvalue weighted by Gasteiger charge is -2.26. The zero-order chi connectivity index (χ0) is 14.5. The van der Waals surface area contributed by atoms with Gasteiger partial charge in [-0.15, -0.1) is 0 Å². The number of carbonyl (C=O) groups excluding carboxylic acids is 1. The number of carboxylic acids is 1. The molecular formula is C14H19N3O3. The van der Waals surface area contributed by atoms with E-state index in [4.69, 9.17) is 10.8 Å². The minimum atomic E-state index is -0.745. The zero-order valence-electron chi connectivity index (χ0n) is 11.1. The van der Waals surface area contributed by atoms with Gasteiger partial charge in [0.15, 0.2) is 0 Å². The van der Waals surface area contributed by atoms with Crippen molar-refractivity contribution in [1.29, 1.82) is 0 Å². The van der Waals surface area contributed by atoms with Crippen LogP contribution in [0.4, 0.5) is 16.2 Å². The molecule has 1 saturated carbocycles. The maximum Gasteiger partial charge on any atom is 0.319 e. The number of hydrogen-bond acceptors (Lipinski definition) is 3. The highest BCUT2D eigenvalue weighted by Gasteiger charge is 2.26. The summed E-state index contributed by atoms with van der Waals surface area (Å²) in [6.07, 6.45) is 2.59. The van der Waals surface area contributed by atoms with Crippen molar-refractivity contribution in [2.24, 2.45) is 5.92 Å². The maximum absolute atomic E-state index is 11.9. The van der Waals surface area contributed by atoms with Crippen molar-refractivity contribution >= 4 is 23.4 Å². The first-order chi connectivity index (χ1) is 9.56. The molecule has 0 heterocycles. The van der Waals surface area contributed by atoms with Crippen LogP contribution in [0.25, 0.3) is 0 Å². The Bertz CT molecular complexity index is 496. The highest BCUT2D eigenvalue weighted by Crippen LogP contribution is 2.24. The van der Waals surface area contributed by atoms with Crippen LogP contribution < -0.4 is 16.4 Å². The predicted octanol–water partition coefficient (Wildman–Crippen LogP) is 2.03. The van der Waals surface area contributed by atoms with E-state index in [1.54, 1.807) is 24.3 Å². The van der Waals surface area contributed by atoms with E-state index in [0.29, 0.717) is 37.1 Å². The second-order valence-corrected chi connectivity index (χ2v) is 5.07. The monoisotopic (exact) mass is 277 g/mol. The average molecular weight is 277 g/mol. The molecule has 2 amide bonds. The van der Waals surface area contributed by atoms with Crippen molar-refractivity contribution in [2.75, 3.05) is 11.1 Å². The third-order valence-corrected chi connectivity index (χ3v) is 3.62. The quantitative estimate of drug-likeness (QED) is 0.634. The molecular weight excluding hydrogens is 258 g/mol. The summed E-state index contributed by atoms with van der Waals surface area (Å²) >= 11 is 0. The molecule has 0 radical (unpaired) electrons. The average Bonchev–Trinajstić information content (AvgIpc) is 2.42. The summed E-state index contributed by atoms with van der Waals surface area (Å²) in [5.74, 6) is -1.02. The number of nitrogens with two attached hydrogens (primary N) is 1. The molecule has 0 aliphatic heterocycles. The number of carbonyl (C=O) groups is 2. The van der Waals surface area contributed by atoms with Gasteiger partial charge in [-0.25, -0.2) is 4.79 Å². The second-order valence-electron chi connectivity index (χ2n) is 5.07. The molecule has 20 heavy (non-hydrogen) atoms. The Morgan fingerprint density at radius 2 is 1.80 bits per heavy atom. The standard InChI is InChI=1S/C14H19N3O3/c15-11-3-1-2-4-12(11)17-14(20)16-10-7-5-9(6-8-10)13(18)19/h1-4,9-10H,5-8,15H2,(H,18,19)(H2,16,17,20). The first kappa shape index (κ1) is 14.2. The molecule has 108 valence electrons. The third-order valence-electron chi connectivity index (χ3n) is 3.62. The Morgan fingerprint density at radius 1 is 1.15 bits per heavy atom. The summed E-state index contributed by atoms with van der Waals surface area (Å²) in [7, 11) is 0. The fourth-order valence-electron chi connectivity index (χ4n) is 2.44. The van der Waals surface area contributed by atoms with Crippen molar-refractivity contribution in [3.05, 3.63) is 24.3 Å². The normalized spacial score (nSPS) is 22.0. The maximum atomic E-state index is 11.9. The third kappa shape index (κ3) is 3.63. The number of benzene rings is 1. The van der Waals surface area contributed by atoms with Gasteiger partial charge in [-0.2, -0.15) is 0 Å². The topological polar surface area (TPSA) is 104 Å². The Balaban J connectivity index is 1.81. The van der Waals surface area contributed by atoms with Crippen LogP contribution in [0.3, 0.4) is 0 Å². The smallest absolute Gasteiger partial charge is 0.319 e. The van der Waals surface area contributed by atoms with Gasteiger partial charge in [-0.1, -0.05) is 12.1 Å². The van der Waals surface area contributed by atoms with Crippen LogP contribution in [0.1, 0.15) is 25.7 Å². The molecule has 1 aliphatic rings. The first-order valence-electron chi connectivity index (χ1n) is 6.71. The number of carboxylic acid groups (broad SMARTS) is 1. The summed E-state index contributed by atoms with van der Waals surface area (Å²) in [5, 5.41) is 14.5. The molecule has 1 aliphatic carbocycles.